The van der Waals surface area contributed by atoms with Gasteiger partial charge in [0.05, 0.1) is 0 Å². The molecule has 2 unspecified atom stereocenters. The zero-order valence-corrected chi connectivity index (χ0v) is 12.3. The summed E-state index contributed by atoms with van der Waals surface area (Å²) in [7, 11) is 0.856. The predicted octanol–water partition coefficient (Wildman–Crippen LogP) is 3.60. The Kier molecular flexibility index (Phi) is 4.60. The van der Waals surface area contributed by atoms with Gasteiger partial charge in [0.25, 0.3) is 5.60 Å². The molecule has 6 heteroatoms. The van der Waals surface area contributed by atoms with Crippen LogP contribution in [0.1, 0.15) is 18.9 Å². The molecule has 0 spiro atoms. The van der Waals surface area contributed by atoms with Gasteiger partial charge in [-0.15, -0.1) is 0 Å². The molecular formula is C16H17F3O3. The Morgan fingerprint density at radius 1 is 1.18 bits per heavy atom. The predicted molar refractivity (Wildman–Crippen MR) is 74.0 cm³/mol. The van der Waals surface area contributed by atoms with Gasteiger partial charge in [0, 0.05) is 12.7 Å². The fourth-order valence-electron chi connectivity index (χ4n) is 2.53. The summed E-state index contributed by atoms with van der Waals surface area (Å²) in [6, 6.07) is 6.79. The third-order valence-corrected chi connectivity index (χ3v) is 3.69. The first-order valence-electron chi connectivity index (χ1n) is 6.88. The number of esters is 1. The topological polar surface area (TPSA) is 35.5 Å². The van der Waals surface area contributed by atoms with Crippen molar-refractivity contribution < 1.29 is 27.4 Å². The number of carbonyl (C=O) groups excluding carboxylic acids is 1. The number of rotatable bonds is 4. The minimum Gasteiger partial charge on any atom is -0.455 e. The zero-order valence-electron chi connectivity index (χ0n) is 12.3. The lowest BCUT2D eigenvalue weighted by molar-refractivity contribution is -0.277. The van der Waals surface area contributed by atoms with Gasteiger partial charge in [-0.1, -0.05) is 43.3 Å². The van der Waals surface area contributed by atoms with E-state index in [1.54, 1.807) is 12.1 Å². The van der Waals surface area contributed by atoms with E-state index in [0.717, 1.165) is 7.11 Å². The van der Waals surface area contributed by atoms with Crippen molar-refractivity contribution in [3.63, 3.8) is 0 Å². The normalized spacial score (nSPS) is 24.0. The molecule has 0 fully saturated rings. The molecule has 0 saturated heterocycles. The summed E-state index contributed by atoms with van der Waals surface area (Å²) < 4.78 is 50.6. The average Bonchev–Trinajstić information content (AvgIpc) is 2.85. The van der Waals surface area contributed by atoms with E-state index in [-0.39, 0.29) is 11.5 Å². The van der Waals surface area contributed by atoms with Gasteiger partial charge in [-0.05, 0) is 18.4 Å². The summed E-state index contributed by atoms with van der Waals surface area (Å²) in [5.74, 6) is -1.28. The van der Waals surface area contributed by atoms with E-state index < -0.39 is 23.9 Å². The number of carbonyl (C=O) groups is 1. The molecule has 0 radical (unpaired) electrons. The first-order valence-corrected chi connectivity index (χ1v) is 6.88. The highest BCUT2D eigenvalue weighted by Crippen LogP contribution is 2.43. The minimum absolute atomic E-state index is 0.164. The van der Waals surface area contributed by atoms with Crippen LogP contribution >= 0.6 is 0 Å². The molecule has 0 saturated carbocycles. The van der Waals surface area contributed by atoms with E-state index in [9.17, 15) is 18.0 Å². The molecular weight excluding hydrogens is 297 g/mol. The fourth-order valence-corrected chi connectivity index (χ4v) is 2.53. The van der Waals surface area contributed by atoms with Crippen LogP contribution in [-0.2, 0) is 19.9 Å². The maximum absolute atomic E-state index is 13.6. The second-order valence-electron chi connectivity index (χ2n) is 5.29. The van der Waals surface area contributed by atoms with Crippen LogP contribution in [-0.4, -0.2) is 25.4 Å². The van der Waals surface area contributed by atoms with Crippen LogP contribution in [0.25, 0.3) is 0 Å². The molecule has 3 atom stereocenters. The maximum Gasteiger partial charge on any atom is 0.432 e. The average molecular weight is 314 g/mol. The third kappa shape index (κ3) is 2.88. The van der Waals surface area contributed by atoms with Crippen molar-refractivity contribution in [3.8, 4) is 0 Å². The van der Waals surface area contributed by atoms with Crippen molar-refractivity contribution in [2.24, 2.45) is 5.92 Å². The zero-order chi connectivity index (χ0) is 16.4. The van der Waals surface area contributed by atoms with Crippen LogP contribution in [0.15, 0.2) is 42.5 Å². The van der Waals surface area contributed by atoms with Gasteiger partial charge in [0.2, 0.25) is 0 Å². The molecule has 2 rings (SSSR count). The lowest BCUT2D eigenvalue weighted by Gasteiger charge is -2.33. The summed E-state index contributed by atoms with van der Waals surface area (Å²) in [5.41, 5.74) is -3.42. The minimum atomic E-state index is -4.94. The van der Waals surface area contributed by atoms with E-state index in [4.69, 9.17) is 4.74 Å². The van der Waals surface area contributed by atoms with E-state index in [1.165, 1.54) is 24.3 Å². The molecule has 0 amide bonds. The van der Waals surface area contributed by atoms with Crippen LogP contribution in [0, 0.1) is 5.92 Å². The van der Waals surface area contributed by atoms with Gasteiger partial charge in [-0.25, -0.2) is 4.79 Å². The lowest BCUT2D eigenvalue weighted by Crippen LogP contribution is -2.52. The number of benzene rings is 1. The number of hydrogen-bond acceptors (Lipinski definition) is 3. The Morgan fingerprint density at radius 3 is 2.27 bits per heavy atom. The van der Waals surface area contributed by atoms with Gasteiger partial charge >= 0.3 is 12.1 Å². The van der Waals surface area contributed by atoms with Gasteiger partial charge < -0.3 is 9.47 Å². The van der Waals surface area contributed by atoms with Gasteiger partial charge in [-0.3, -0.25) is 0 Å². The van der Waals surface area contributed by atoms with Crippen LogP contribution < -0.4 is 0 Å². The Labute approximate surface area is 126 Å². The van der Waals surface area contributed by atoms with Crippen molar-refractivity contribution in [2.45, 2.75) is 31.2 Å². The van der Waals surface area contributed by atoms with E-state index in [2.05, 4.69) is 4.74 Å². The quantitative estimate of drug-likeness (QED) is 0.629. The Hall–Kier alpha value is -1.82. The molecule has 22 heavy (non-hydrogen) atoms. The van der Waals surface area contributed by atoms with E-state index in [0.29, 0.717) is 6.42 Å². The van der Waals surface area contributed by atoms with E-state index >= 15 is 0 Å². The van der Waals surface area contributed by atoms with Gasteiger partial charge in [-0.2, -0.15) is 13.2 Å². The summed E-state index contributed by atoms with van der Waals surface area (Å²) in [6.07, 6.45) is -1.72. The summed E-state index contributed by atoms with van der Waals surface area (Å²) in [5, 5.41) is 0. The Morgan fingerprint density at radius 2 is 1.82 bits per heavy atom. The fraction of sp³-hybridized carbons (Fsp3) is 0.438. The largest absolute Gasteiger partial charge is 0.455 e. The van der Waals surface area contributed by atoms with Crippen LogP contribution in [0.5, 0.6) is 0 Å². The molecule has 1 aromatic carbocycles. The molecule has 120 valence electrons. The second kappa shape index (κ2) is 6.12. The molecule has 1 aliphatic rings. The van der Waals surface area contributed by atoms with Crippen molar-refractivity contribution in [1.29, 1.82) is 0 Å². The number of ether oxygens (including phenoxy) is 2. The standard InChI is InChI=1S/C16H17F3O3/c1-11-8-9-13(10-11)22-14(20)15(21-2,16(17,18)19)12-6-4-3-5-7-12/h3-9,11,13H,10H2,1-2H3/t11?,13?,15-/m1/s1. The van der Waals surface area contributed by atoms with Crippen LogP contribution in [0.2, 0.25) is 0 Å². The number of allylic oxidation sites excluding steroid dienone is 1. The summed E-state index contributed by atoms with van der Waals surface area (Å²) in [6.45, 7) is 1.90. The Balaban J connectivity index is 2.36. The number of hydrogen-bond donors (Lipinski definition) is 0. The highest BCUT2D eigenvalue weighted by Gasteiger charge is 2.64. The van der Waals surface area contributed by atoms with E-state index in [1.807, 2.05) is 13.0 Å². The number of alkyl halides is 3. The van der Waals surface area contributed by atoms with Crippen molar-refractivity contribution >= 4 is 5.97 Å². The monoisotopic (exact) mass is 314 g/mol. The van der Waals surface area contributed by atoms with Crippen LogP contribution in [0.4, 0.5) is 13.2 Å². The first kappa shape index (κ1) is 16.5. The molecule has 1 aliphatic carbocycles. The second-order valence-corrected chi connectivity index (χ2v) is 5.29. The van der Waals surface area contributed by atoms with Gasteiger partial charge in [0.1, 0.15) is 6.10 Å². The number of halogens is 3. The van der Waals surface area contributed by atoms with Crippen molar-refractivity contribution in [1.82, 2.24) is 0 Å². The highest BCUT2D eigenvalue weighted by molar-refractivity contribution is 5.83. The lowest BCUT2D eigenvalue weighted by atomic mass is 9.92. The first-order chi connectivity index (χ1) is 10.3. The van der Waals surface area contributed by atoms with Crippen LogP contribution in [0.3, 0.4) is 0 Å². The molecule has 0 N–H and O–H groups in total. The summed E-state index contributed by atoms with van der Waals surface area (Å²) in [4.78, 5) is 12.3. The molecule has 1 aromatic rings. The molecule has 3 nitrogen and oxygen atoms in total. The highest BCUT2D eigenvalue weighted by atomic mass is 19.4. The smallest absolute Gasteiger partial charge is 0.432 e. The summed E-state index contributed by atoms with van der Waals surface area (Å²) >= 11 is 0. The van der Waals surface area contributed by atoms with Gasteiger partial charge in [0.15, 0.2) is 0 Å². The molecule has 0 aliphatic heterocycles. The molecule has 0 heterocycles. The third-order valence-electron chi connectivity index (χ3n) is 3.69. The Bertz CT molecular complexity index is 554. The SMILES string of the molecule is CO[C@@](C(=O)OC1C=CC(C)C1)(c1ccccc1)C(F)(F)F. The van der Waals surface area contributed by atoms with Crippen molar-refractivity contribution in [2.75, 3.05) is 7.11 Å². The van der Waals surface area contributed by atoms with Crippen molar-refractivity contribution in [3.05, 3.63) is 48.0 Å². The maximum atomic E-state index is 13.6. The molecule has 0 aromatic heterocycles. The molecule has 0 bridgehead atoms. The number of methoxy groups -OCH3 is 1.